The van der Waals surface area contributed by atoms with E-state index in [1.54, 1.807) is 37.3 Å². The molecule has 0 amide bonds. The quantitative estimate of drug-likeness (QED) is 0.832. The predicted octanol–water partition coefficient (Wildman–Crippen LogP) is 2.92. The largest absolute Gasteiger partial charge is 0.486 e. The van der Waals surface area contributed by atoms with Crippen molar-refractivity contribution >= 4 is 5.97 Å². The first kappa shape index (κ1) is 17.0. The molecule has 0 unspecified atom stereocenters. The van der Waals surface area contributed by atoms with E-state index >= 15 is 0 Å². The second kappa shape index (κ2) is 7.74. The number of rotatable bonds is 6. The van der Waals surface area contributed by atoms with Gasteiger partial charge < -0.3 is 14.6 Å². The molecule has 0 atom stereocenters. The van der Waals surface area contributed by atoms with Crippen LogP contribution >= 0.6 is 0 Å². The molecule has 2 rings (SSSR count). The fraction of sp³-hybridized carbons (Fsp3) is 0.278. The van der Waals surface area contributed by atoms with Gasteiger partial charge in [0.1, 0.15) is 6.61 Å². The van der Waals surface area contributed by atoms with Crippen molar-refractivity contribution in [2.24, 2.45) is 0 Å². The van der Waals surface area contributed by atoms with Gasteiger partial charge in [0, 0.05) is 0 Å². The number of hydrogen-bond donors (Lipinski definition) is 1. The van der Waals surface area contributed by atoms with Crippen LogP contribution in [0.2, 0.25) is 0 Å². The lowest BCUT2D eigenvalue weighted by Crippen LogP contribution is -2.11. The molecule has 0 heterocycles. The van der Waals surface area contributed by atoms with Crippen LogP contribution in [0.5, 0.6) is 5.75 Å². The average molecular weight is 318 g/mol. The molecule has 0 radical (unpaired) electrons. The van der Waals surface area contributed by atoms with E-state index in [9.17, 15) is 14.3 Å². The summed E-state index contributed by atoms with van der Waals surface area (Å²) < 4.78 is 24.1. The molecule has 0 aliphatic heterocycles. The van der Waals surface area contributed by atoms with Crippen molar-refractivity contribution in [2.75, 3.05) is 7.11 Å². The van der Waals surface area contributed by atoms with Crippen molar-refractivity contribution in [1.82, 2.24) is 0 Å². The Balaban J connectivity index is 2.24. The molecule has 0 fully saturated rings. The van der Waals surface area contributed by atoms with Crippen LogP contribution in [0.15, 0.2) is 36.4 Å². The van der Waals surface area contributed by atoms with Crippen molar-refractivity contribution in [3.8, 4) is 5.75 Å². The highest BCUT2D eigenvalue weighted by Crippen LogP contribution is 2.22. The van der Waals surface area contributed by atoms with Crippen LogP contribution in [0.25, 0.3) is 0 Å². The summed E-state index contributed by atoms with van der Waals surface area (Å²) in [4.78, 5) is 11.5. The lowest BCUT2D eigenvalue weighted by molar-refractivity contribution is -0.139. The maximum Gasteiger partial charge on any atom is 0.309 e. The van der Waals surface area contributed by atoms with Crippen molar-refractivity contribution in [2.45, 2.75) is 26.6 Å². The monoisotopic (exact) mass is 318 g/mol. The van der Waals surface area contributed by atoms with E-state index in [-0.39, 0.29) is 31.4 Å². The molecule has 0 aromatic heterocycles. The summed E-state index contributed by atoms with van der Waals surface area (Å²) >= 11 is 0. The third-order valence-corrected chi connectivity index (χ3v) is 3.56. The number of methoxy groups -OCH3 is 1. The van der Waals surface area contributed by atoms with Gasteiger partial charge >= 0.3 is 5.97 Å². The number of aliphatic hydroxyl groups is 1. The molecule has 0 aliphatic carbocycles. The van der Waals surface area contributed by atoms with Crippen LogP contribution in [0.1, 0.15) is 22.3 Å². The Bertz CT molecular complexity index is 697. The minimum Gasteiger partial charge on any atom is -0.486 e. The van der Waals surface area contributed by atoms with E-state index < -0.39 is 5.82 Å². The summed E-state index contributed by atoms with van der Waals surface area (Å²) in [6.45, 7) is 1.66. The van der Waals surface area contributed by atoms with Gasteiger partial charge in [0.05, 0.1) is 20.1 Å². The molecule has 5 heteroatoms. The third kappa shape index (κ3) is 4.29. The van der Waals surface area contributed by atoms with Crippen molar-refractivity contribution in [3.05, 3.63) is 64.5 Å². The Morgan fingerprint density at radius 2 is 1.96 bits per heavy atom. The number of carbonyl (C=O) groups excluding carboxylic acids is 1. The van der Waals surface area contributed by atoms with E-state index in [1.165, 1.54) is 13.2 Å². The number of hydrogen-bond acceptors (Lipinski definition) is 4. The van der Waals surface area contributed by atoms with Crippen LogP contribution in [0, 0.1) is 12.7 Å². The second-order valence-corrected chi connectivity index (χ2v) is 5.19. The van der Waals surface area contributed by atoms with Crippen LogP contribution in [-0.2, 0) is 29.2 Å². The summed E-state index contributed by atoms with van der Waals surface area (Å²) in [5, 5.41) is 9.48. The number of benzene rings is 2. The molecule has 0 spiro atoms. The molecule has 4 nitrogen and oxygen atoms in total. The Morgan fingerprint density at radius 1 is 1.22 bits per heavy atom. The Labute approximate surface area is 134 Å². The Morgan fingerprint density at radius 3 is 2.61 bits per heavy atom. The van der Waals surface area contributed by atoms with Crippen molar-refractivity contribution in [3.63, 3.8) is 0 Å². The van der Waals surface area contributed by atoms with Crippen molar-refractivity contribution < 1.29 is 23.8 Å². The lowest BCUT2D eigenvalue weighted by atomic mass is 9.99. The zero-order valence-electron chi connectivity index (χ0n) is 13.1. The highest BCUT2D eigenvalue weighted by Gasteiger charge is 2.13. The molecule has 0 bridgehead atoms. The van der Waals surface area contributed by atoms with Gasteiger partial charge in [-0.2, -0.15) is 0 Å². The van der Waals surface area contributed by atoms with Gasteiger partial charge in [-0.15, -0.1) is 0 Å². The normalized spacial score (nSPS) is 10.4. The molecule has 0 saturated carbocycles. The van der Waals surface area contributed by atoms with E-state index in [0.29, 0.717) is 16.7 Å². The lowest BCUT2D eigenvalue weighted by Gasteiger charge is -2.15. The van der Waals surface area contributed by atoms with E-state index in [0.717, 1.165) is 5.56 Å². The van der Waals surface area contributed by atoms with Gasteiger partial charge in [-0.05, 0) is 41.3 Å². The van der Waals surface area contributed by atoms with Crippen LogP contribution in [0.3, 0.4) is 0 Å². The molecule has 0 aliphatic rings. The summed E-state index contributed by atoms with van der Waals surface area (Å²) in [7, 11) is 1.32. The number of halogens is 1. The van der Waals surface area contributed by atoms with Gasteiger partial charge in [0.15, 0.2) is 11.6 Å². The van der Waals surface area contributed by atoms with Crippen molar-refractivity contribution in [1.29, 1.82) is 0 Å². The number of esters is 1. The standard InChI is InChI=1S/C18H19FO4/c1-12-6-7-17(16(19)8-12)23-11-15-13(9-18(21)22-2)4-3-5-14(15)10-20/h3-8,20H,9-11H2,1-2H3. The summed E-state index contributed by atoms with van der Waals surface area (Å²) in [6, 6.07) is 9.96. The summed E-state index contributed by atoms with van der Waals surface area (Å²) in [5.74, 6) is -0.698. The molecule has 23 heavy (non-hydrogen) atoms. The van der Waals surface area contributed by atoms with Gasteiger partial charge in [-0.3, -0.25) is 4.79 Å². The zero-order chi connectivity index (χ0) is 16.8. The zero-order valence-corrected chi connectivity index (χ0v) is 13.1. The average Bonchev–Trinajstić information content (AvgIpc) is 2.54. The molecule has 2 aromatic carbocycles. The van der Waals surface area contributed by atoms with Gasteiger partial charge in [0.25, 0.3) is 0 Å². The maximum atomic E-state index is 13.9. The Hall–Kier alpha value is -2.40. The highest BCUT2D eigenvalue weighted by atomic mass is 19.1. The molecular formula is C18H19FO4. The number of carbonyl (C=O) groups is 1. The van der Waals surface area contributed by atoms with Gasteiger partial charge in [-0.25, -0.2) is 4.39 Å². The topological polar surface area (TPSA) is 55.8 Å². The minimum absolute atomic E-state index is 0.0586. The van der Waals surface area contributed by atoms with Gasteiger partial charge in [-0.1, -0.05) is 24.3 Å². The first-order valence-electron chi connectivity index (χ1n) is 7.21. The van der Waals surface area contributed by atoms with E-state index in [2.05, 4.69) is 4.74 Å². The second-order valence-electron chi connectivity index (χ2n) is 5.19. The third-order valence-electron chi connectivity index (χ3n) is 3.56. The van der Waals surface area contributed by atoms with Crippen LogP contribution in [0.4, 0.5) is 4.39 Å². The SMILES string of the molecule is COC(=O)Cc1cccc(CO)c1COc1ccc(C)cc1F. The molecule has 2 aromatic rings. The summed E-state index contributed by atoms with van der Waals surface area (Å²) in [5.41, 5.74) is 2.80. The first-order valence-corrected chi connectivity index (χ1v) is 7.21. The molecule has 122 valence electrons. The van der Waals surface area contributed by atoms with Gasteiger partial charge in [0.2, 0.25) is 0 Å². The minimum atomic E-state index is -0.444. The molecular weight excluding hydrogens is 299 g/mol. The molecule has 0 saturated heterocycles. The predicted molar refractivity (Wildman–Crippen MR) is 83.6 cm³/mol. The number of aliphatic hydroxyl groups excluding tert-OH is 1. The fourth-order valence-electron chi connectivity index (χ4n) is 2.29. The Kier molecular flexibility index (Phi) is 5.71. The number of ether oxygens (including phenoxy) is 2. The van der Waals surface area contributed by atoms with Crippen LogP contribution < -0.4 is 4.74 Å². The van der Waals surface area contributed by atoms with E-state index in [1.807, 2.05) is 0 Å². The first-order chi connectivity index (χ1) is 11.0. The maximum absolute atomic E-state index is 13.9. The van der Waals surface area contributed by atoms with Crippen LogP contribution in [-0.4, -0.2) is 18.2 Å². The smallest absolute Gasteiger partial charge is 0.309 e. The van der Waals surface area contributed by atoms with E-state index in [4.69, 9.17) is 4.74 Å². The molecule has 1 N–H and O–H groups in total. The highest BCUT2D eigenvalue weighted by molar-refractivity contribution is 5.73. The fourth-order valence-corrected chi connectivity index (χ4v) is 2.29. The number of aryl methyl sites for hydroxylation is 1. The summed E-state index contributed by atoms with van der Waals surface area (Å²) in [6.07, 6.45) is 0.0689.